The largest absolute Gasteiger partial charge is 0.497 e. The molecule has 5 rings (SSSR count). The van der Waals surface area contributed by atoms with E-state index < -0.39 is 6.04 Å². The number of piperazine rings is 1. The fourth-order valence-electron chi connectivity index (χ4n) is 5.63. The zero-order valence-electron chi connectivity index (χ0n) is 22.9. The van der Waals surface area contributed by atoms with Crippen molar-refractivity contribution in [2.45, 2.75) is 38.5 Å². The number of likely N-dealkylation sites (tertiary alicyclic amines) is 1. The van der Waals surface area contributed by atoms with Crippen molar-refractivity contribution in [3.8, 4) is 5.75 Å². The smallest absolute Gasteiger partial charge is 0.254 e. The van der Waals surface area contributed by atoms with Crippen LogP contribution in [0.4, 0.5) is 0 Å². The SMILES string of the molecule is COc1cccc(CN(Cc2ccccc2)C2CC(C(=O)N3CCNCC3)N(C(=O)c3ccc(C)cc3)C2)c1. The summed E-state index contributed by atoms with van der Waals surface area (Å²) in [5, 5.41) is 3.32. The molecule has 0 spiro atoms. The number of aryl methyl sites for hydroxylation is 1. The van der Waals surface area contributed by atoms with Crippen LogP contribution in [0.3, 0.4) is 0 Å². The van der Waals surface area contributed by atoms with Crippen molar-refractivity contribution in [3.63, 3.8) is 0 Å². The number of benzene rings is 3. The summed E-state index contributed by atoms with van der Waals surface area (Å²) < 4.78 is 5.48. The van der Waals surface area contributed by atoms with Crippen LogP contribution in [0.2, 0.25) is 0 Å². The van der Waals surface area contributed by atoms with E-state index in [9.17, 15) is 9.59 Å². The number of nitrogens with zero attached hydrogens (tertiary/aromatic N) is 3. The molecule has 2 aliphatic rings. The van der Waals surface area contributed by atoms with E-state index in [1.54, 1.807) is 7.11 Å². The Hall–Kier alpha value is -3.68. The molecule has 3 aromatic rings. The lowest BCUT2D eigenvalue weighted by atomic mass is 10.1. The lowest BCUT2D eigenvalue weighted by Crippen LogP contribution is -2.53. The Morgan fingerprint density at radius 1 is 0.923 bits per heavy atom. The third kappa shape index (κ3) is 6.49. The van der Waals surface area contributed by atoms with Crippen molar-refractivity contribution in [2.24, 2.45) is 0 Å². The summed E-state index contributed by atoms with van der Waals surface area (Å²) in [5.41, 5.74) is 4.07. The van der Waals surface area contributed by atoms with Crippen molar-refractivity contribution in [1.82, 2.24) is 20.0 Å². The maximum atomic E-state index is 13.8. The van der Waals surface area contributed by atoms with Gasteiger partial charge in [0.15, 0.2) is 0 Å². The molecule has 7 heteroatoms. The van der Waals surface area contributed by atoms with Gasteiger partial charge in [-0.15, -0.1) is 0 Å². The molecule has 2 amide bonds. The van der Waals surface area contributed by atoms with Gasteiger partial charge in [-0.2, -0.15) is 0 Å². The number of amides is 2. The summed E-state index contributed by atoms with van der Waals surface area (Å²) in [4.78, 5) is 33.8. The number of nitrogens with one attached hydrogen (secondary N) is 1. The fourth-order valence-corrected chi connectivity index (χ4v) is 5.63. The number of rotatable bonds is 8. The Labute approximate surface area is 231 Å². The lowest BCUT2D eigenvalue weighted by molar-refractivity contribution is -0.135. The Morgan fingerprint density at radius 2 is 1.62 bits per heavy atom. The molecule has 0 aromatic heterocycles. The highest BCUT2D eigenvalue weighted by Gasteiger charge is 2.43. The van der Waals surface area contributed by atoms with Crippen molar-refractivity contribution in [3.05, 3.63) is 101 Å². The number of hydrogen-bond donors (Lipinski definition) is 1. The van der Waals surface area contributed by atoms with E-state index in [-0.39, 0.29) is 17.9 Å². The van der Waals surface area contributed by atoms with Gasteiger partial charge in [-0.05, 0) is 48.7 Å². The third-order valence-corrected chi connectivity index (χ3v) is 7.82. The van der Waals surface area contributed by atoms with Gasteiger partial charge >= 0.3 is 0 Å². The van der Waals surface area contributed by atoms with Gasteiger partial charge in [-0.1, -0.05) is 60.2 Å². The van der Waals surface area contributed by atoms with Crippen molar-refractivity contribution in [2.75, 3.05) is 39.8 Å². The molecule has 2 fully saturated rings. The van der Waals surface area contributed by atoms with Crippen LogP contribution in [-0.2, 0) is 17.9 Å². The Balaban J connectivity index is 1.45. The Morgan fingerprint density at radius 3 is 2.33 bits per heavy atom. The molecule has 2 aliphatic heterocycles. The zero-order chi connectivity index (χ0) is 27.2. The van der Waals surface area contributed by atoms with Gasteiger partial charge in [-0.25, -0.2) is 0 Å². The van der Waals surface area contributed by atoms with Crippen LogP contribution in [-0.4, -0.2) is 78.4 Å². The van der Waals surface area contributed by atoms with Crippen LogP contribution in [0, 0.1) is 6.92 Å². The standard InChI is InChI=1S/C32H38N4O3/c1-24-11-13-27(14-12-24)31(37)36-23-28(20-30(36)32(38)34-17-15-33-16-18-34)35(21-25-7-4-3-5-8-25)22-26-9-6-10-29(19-26)39-2/h3-14,19,28,30,33H,15-18,20-23H2,1-2H3. The second-order valence-electron chi connectivity index (χ2n) is 10.5. The van der Waals surface area contributed by atoms with E-state index >= 15 is 0 Å². The van der Waals surface area contributed by atoms with E-state index in [1.807, 2.05) is 59.2 Å². The van der Waals surface area contributed by atoms with Crippen LogP contribution in [0.5, 0.6) is 5.75 Å². The third-order valence-electron chi connectivity index (χ3n) is 7.82. The summed E-state index contributed by atoms with van der Waals surface area (Å²) in [7, 11) is 1.68. The first-order valence-electron chi connectivity index (χ1n) is 13.8. The minimum atomic E-state index is -0.481. The lowest BCUT2D eigenvalue weighted by Gasteiger charge is -2.32. The van der Waals surface area contributed by atoms with Gasteiger partial charge in [0, 0.05) is 57.4 Å². The average Bonchev–Trinajstić information content (AvgIpc) is 3.43. The highest BCUT2D eigenvalue weighted by atomic mass is 16.5. The highest BCUT2D eigenvalue weighted by Crippen LogP contribution is 2.29. The maximum Gasteiger partial charge on any atom is 0.254 e. The molecule has 2 heterocycles. The van der Waals surface area contributed by atoms with Crippen LogP contribution in [0.1, 0.15) is 33.5 Å². The molecule has 0 bridgehead atoms. The van der Waals surface area contributed by atoms with E-state index in [0.717, 1.165) is 36.5 Å². The second kappa shape index (κ2) is 12.5. The topological polar surface area (TPSA) is 65.1 Å². The van der Waals surface area contributed by atoms with Crippen molar-refractivity contribution < 1.29 is 14.3 Å². The number of methoxy groups -OCH3 is 1. The fraction of sp³-hybridized carbons (Fsp3) is 0.375. The predicted molar refractivity (Wildman–Crippen MR) is 153 cm³/mol. The molecule has 204 valence electrons. The van der Waals surface area contributed by atoms with Gasteiger partial charge < -0.3 is 19.9 Å². The van der Waals surface area contributed by atoms with Gasteiger partial charge in [0.25, 0.3) is 5.91 Å². The first-order valence-corrected chi connectivity index (χ1v) is 13.8. The maximum absolute atomic E-state index is 13.8. The summed E-state index contributed by atoms with van der Waals surface area (Å²) >= 11 is 0. The highest BCUT2D eigenvalue weighted by molar-refractivity contribution is 5.98. The average molecular weight is 527 g/mol. The van der Waals surface area contributed by atoms with E-state index in [4.69, 9.17) is 4.74 Å². The second-order valence-corrected chi connectivity index (χ2v) is 10.5. The molecule has 3 aromatic carbocycles. The van der Waals surface area contributed by atoms with Crippen molar-refractivity contribution in [1.29, 1.82) is 0 Å². The van der Waals surface area contributed by atoms with Crippen molar-refractivity contribution >= 4 is 11.8 Å². The normalized spacial score (nSPS) is 19.4. The number of ether oxygens (including phenoxy) is 1. The minimum absolute atomic E-state index is 0.0303. The molecule has 2 unspecified atom stereocenters. The first kappa shape index (κ1) is 26.9. The molecule has 2 atom stereocenters. The summed E-state index contributed by atoms with van der Waals surface area (Å²) in [6, 6.07) is 25.7. The van der Waals surface area contributed by atoms with Crippen LogP contribution < -0.4 is 10.1 Å². The van der Waals surface area contributed by atoms with E-state index in [2.05, 4.69) is 46.6 Å². The van der Waals surface area contributed by atoms with Gasteiger partial charge in [0.05, 0.1) is 7.11 Å². The Bertz CT molecular complexity index is 1260. The van der Waals surface area contributed by atoms with Crippen LogP contribution >= 0.6 is 0 Å². The molecule has 0 radical (unpaired) electrons. The monoisotopic (exact) mass is 526 g/mol. The molecular weight excluding hydrogens is 488 g/mol. The van der Waals surface area contributed by atoms with Crippen LogP contribution in [0.15, 0.2) is 78.9 Å². The van der Waals surface area contributed by atoms with E-state index in [1.165, 1.54) is 5.56 Å². The quantitative estimate of drug-likeness (QED) is 0.485. The molecular formula is C32H38N4O3. The number of carbonyl (C=O) groups is 2. The van der Waals surface area contributed by atoms with Gasteiger partial charge in [0.2, 0.25) is 5.91 Å². The minimum Gasteiger partial charge on any atom is -0.497 e. The number of hydrogen-bond acceptors (Lipinski definition) is 5. The molecule has 0 saturated carbocycles. The zero-order valence-corrected chi connectivity index (χ0v) is 22.9. The molecule has 2 saturated heterocycles. The number of carbonyl (C=O) groups excluding carboxylic acids is 2. The molecule has 1 N–H and O–H groups in total. The summed E-state index contributed by atoms with van der Waals surface area (Å²) in [5.74, 6) is 0.800. The summed E-state index contributed by atoms with van der Waals surface area (Å²) in [6.45, 7) is 6.84. The molecule has 39 heavy (non-hydrogen) atoms. The molecule has 0 aliphatic carbocycles. The molecule has 7 nitrogen and oxygen atoms in total. The predicted octanol–water partition coefficient (Wildman–Crippen LogP) is 3.72. The Kier molecular flexibility index (Phi) is 8.59. The van der Waals surface area contributed by atoms with Crippen LogP contribution in [0.25, 0.3) is 0 Å². The van der Waals surface area contributed by atoms with Gasteiger partial charge in [-0.3, -0.25) is 14.5 Å². The van der Waals surface area contributed by atoms with Gasteiger partial charge in [0.1, 0.15) is 11.8 Å². The summed E-state index contributed by atoms with van der Waals surface area (Å²) in [6.07, 6.45) is 0.608. The first-order chi connectivity index (χ1) is 19.0. The van der Waals surface area contributed by atoms with E-state index in [0.29, 0.717) is 38.2 Å².